The fourth-order valence-electron chi connectivity index (χ4n) is 0.930. The Morgan fingerprint density at radius 2 is 2.31 bits per heavy atom. The van der Waals surface area contributed by atoms with E-state index in [1.165, 1.54) is 6.07 Å². The molecule has 0 aliphatic carbocycles. The monoisotopic (exact) mass is 323 g/mol. The van der Waals surface area contributed by atoms with E-state index < -0.39 is 10.0 Å². The number of halogens is 1. The van der Waals surface area contributed by atoms with Crippen molar-refractivity contribution >= 4 is 37.3 Å². The summed E-state index contributed by atoms with van der Waals surface area (Å²) < 4.78 is 26.8. The zero-order valence-electron chi connectivity index (χ0n) is 7.71. The van der Waals surface area contributed by atoms with Crippen molar-refractivity contribution in [1.29, 1.82) is 0 Å². The number of thiophene rings is 1. The van der Waals surface area contributed by atoms with Gasteiger partial charge in [-0.15, -0.1) is 21.5 Å². The van der Waals surface area contributed by atoms with Gasteiger partial charge in [-0.2, -0.15) is 5.21 Å². The SMILES string of the molecule is O=S(=O)(NCc1nn[nH]n1)c1ccc(Br)s1. The Morgan fingerprint density at radius 3 is 2.88 bits per heavy atom. The Labute approximate surface area is 103 Å². The zero-order valence-corrected chi connectivity index (χ0v) is 10.9. The molecular weight excluding hydrogens is 318 g/mol. The van der Waals surface area contributed by atoms with Gasteiger partial charge in [-0.05, 0) is 28.1 Å². The van der Waals surface area contributed by atoms with E-state index in [0.717, 1.165) is 15.1 Å². The quantitative estimate of drug-likeness (QED) is 0.853. The Morgan fingerprint density at radius 1 is 1.50 bits per heavy atom. The smallest absolute Gasteiger partial charge is 0.206 e. The second kappa shape index (κ2) is 4.57. The van der Waals surface area contributed by atoms with Crippen molar-refractivity contribution in [1.82, 2.24) is 25.3 Å². The van der Waals surface area contributed by atoms with Gasteiger partial charge in [0.15, 0.2) is 5.82 Å². The van der Waals surface area contributed by atoms with Crippen LogP contribution in [0.3, 0.4) is 0 Å². The molecule has 0 aliphatic rings. The van der Waals surface area contributed by atoms with Gasteiger partial charge in [0.05, 0.1) is 10.3 Å². The number of nitrogens with one attached hydrogen (secondary N) is 2. The first-order chi connectivity index (χ1) is 7.58. The summed E-state index contributed by atoms with van der Waals surface area (Å²) in [5.41, 5.74) is 0. The van der Waals surface area contributed by atoms with E-state index >= 15 is 0 Å². The highest BCUT2D eigenvalue weighted by Gasteiger charge is 2.16. The van der Waals surface area contributed by atoms with Crippen molar-refractivity contribution in [2.45, 2.75) is 10.8 Å². The molecule has 86 valence electrons. The number of aromatic amines is 1. The van der Waals surface area contributed by atoms with Gasteiger partial charge in [0.2, 0.25) is 10.0 Å². The second-order valence-electron chi connectivity index (χ2n) is 2.71. The van der Waals surface area contributed by atoms with Gasteiger partial charge in [0.1, 0.15) is 4.21 Å². The normalized spacial score (nSPS) is 11.8. The highest BCUT2D eigenvalue weighted by atomic mass is 79.9. The molecular formula is C6H6BrN5O2S2. The molecule has 10 heteroatoms. The minimum absolute atomic E-state index is 0.00829. The van der Waals surface area contributed by atoms with E-state index in [0.29, 0.717) is 5.82 Å². The first-order valence-corrected chi connectivity index (χ1v) is 7.14. The molecule has 2 rings (SSSR count). The lowest BCUT2D eigenvalue weighted by atomic mass is 10.7. The van der Waals surface area contributed by atoms with Crippen LogP contribution in [0.15, 0.2) is 20.1 Å². The Kier molecular flexibility index (Phi) is 3.33. The molecule has 2 heterocycles. The van der Waals surface area contributed by atoms with Crippen LogP contribution in [0.25, 0.3) is 0 Å². The summed E-state index contributed by atoms with van der Waals surface area (Å²) in [6.07, 6.45) is 0. The summed E-state index contributed by atoms with van der Waals surface area (Å²) in [5.74, 6) is 0.291. The molecule has 0 saturated carbocycles. The summed E-state index contributed by atoms with van der Waals surface area (Å²) in [4.78, 5) is 0. The Bertz CT molecular complexity index is 564. The largest absolute Gasteiger partial charge is 0.250 e. The topological polar surface area (TPSA) is 101 Å². The Balaban J connectivity index is 2.09. The number of nitrogens with zero attached hydrogens (tertiary/aromatic N) is 3. The molecule has 0 atom stereocenters. The molecule has 0 fully saturated rings. The lowest BCUT2D eigenvalue weighted by Crippen LogP contribution is -2.23. The molecule has 0 bridgehead atoms. The van der Waals surface area contributed by atoms with Crippen LogP contribution in [-0.2, 0) is 16.6 Å². The van der Waals surface area contributed by atoms with Crippen LogP contribution >= 0.6 is 27.3 Å². The number of H-pyrrole nitrogens is 1. The van der Waals surface area contributed by atoms with Gasteiger partial charge < -0.3 is 0 Å². The van der Waals surface area contributed by atoms with Crippen molar-refractivity contribution in [3.63, 3.8) is 0 Å². The number of aromatic nitrogens is 4. The van der Waals surface area contributed by atoms with Crippen molar-refractivity contribution in [3.05, 3.63) is 21.7 Å². The van der Waals surface area contributed by atoms with Crippen LogP contribution in [-0.4, -0.2) is 29.0 Å². The van der Waals surface area contributed by atoms with E-state index in [1.807, 2.05) is 0 Å². The number of hydrogen-bond acceptors (Lipinski definition) is 6. The molecule has 16 heavy (non-hydrogen) atoms. The van der Waals surface area contributed by atoms with Crippen LogP contribution in [0.5, 0.6) is 0 Å². The summed E-state index contributed by atoms with van der Waals surface area (Å²) in [6.45, 7) is 0.00829. The van der Waals surface area contributed by atoms with E-state index in [1.54, 1.807) is 6.07 Å². The Hall–Kier alpha value is -0.840. The van der Waals surface area contributed by atoms with Gasteiger partial charge in [0.25, 0.3) is 0 Å². The van der Waals surface area contributed by atoms with Gasteiger partial charge in [0, 0.05) is 0 Å². The molecule has 2 aromatic rings. The third kappa shape index (κ3) is 2.64. The van der Waals surface area contributed by atoms with Crippen molar-refractivity contribution < 1.29 is 8.42 Å². The van der Waals surface area contributed by atoms with Gasteiger partial charge in [-0.3, -0.25) is 0 Å². The lowest BCUT2D eigenvalue weighted by Gasteiger charge is -2.00. The fraction of sp³-hybridized carbons (Fsp3) is 0.167. The maximum Gasteiger partial charge on any atom is 0.250 e. The van der Waals surface area contributed by atoms with Gasteiger partial charge in [-0.25, -0.2) is 13.1 Å². The predicted molar refractivity (Wildman–Crippen MR) is 60.2 cm³/mol. The van der Waals surface area contributed by atoms with Gasteiger partial charge in [-0.1, -0.05) is 5.21 Å². The maximum absolute atomic E-state index is 11.7. The molecule has 0 aromatic carbocycles. The number of hydrogen-bond donors (Lipinski definition) is 2. The fourth-order valence-corrected chi connectivity index (χ4v) is 3.96. The van der Waals surface area contributed by atoms with Crippen LogP contribution in [0.1, 0.15) is 5.82 Å². The predicted octanol–water partition coefficient (Wildman–Crippen LogP) is 0.502. The third-order valence-corrected chi connectivity index (χ3v) is 5.14. The summed E-state index contributed by atoms with van der Waals surface area (Å²) in [5, 5.41) is 12.8. The van der Waals surface area contributed by atoms with Gasteiger partial charge >= 0.3 is 0 Å². The molecule has 0 saturated heterocycles. The minimum atomic E-state index is -3.50. The van der Waals surface area contributed by atoms with Crippen LogP contribution in [0.2, 0.25) is 0 Å². The van der Waals surface area contributed by atoms with Crippen molar-refractivity contribution in [3.8, 4) is 0 Å². The number of sulfonamides is 1. The lowest BCUT2D eigenvalue weighted by molar-refractivity contribution is 0.581. The van der Waals surface area contributed by atoms with E-state index in [4.69, 9.17) is 0 Å². The first kappa shape index (κ1) is 11.6. The molecule has 0 radical (unpaired) electrons. The molecule has 2 N–H and O–H groups in total. The zero-order chi connectivity index (χ0) is 11.6. The number of rotatable bonds is 4. The average molecular weight is 324 g/mol. The molecule has 0 unspecified atom stereocenters. The molecule has 0 amide bonds. The minimum Gasteiger partial charge on any atom is -0.206 e. The highest BCUT2D eigenvalue weighted by molar-refractivity contribution is 9.11. The summed E-state index contributed by atoms with van der Waals surface area (Å²) in [7, 11) is -3.50. The summed E-state index contributed by atoms with van der Waals surface area (Å²) in [6, 6.07) is 3.20. The second-order valence-corrected chi connectivity index (χ2v) is 7.17. The van der Waals surface area contributed by atoms with E-state index in [-0.39, 0.29) is 10.8 Å². The van der Waals surface area contributed by atoms with E-state index in [2.05, 4.69) is 41.3 Å². The molecule has 2 aromatic heterocycles. The van der Waals surface area contributed by atoms with Crippen molar-refractivity contribution in [2.24, 2.45) is 0 Å². The number of tetrazole rings is 1. The van der Waals surface area contributed by atoms with Crippen molar-refractivity contribution in [2.75, 3.05) is 0 Å². The standard InChI is InChI=1S/C6H6BrN5O2S2/c7-4-1-2-6(15-4)16(13,14)8-3-5-9-11-12-10-5/h1-2,8H,3H2,(H,9,10,11,12). The average Bonchev–Trinajstić information content (AvgIpc) is 2.85. The molecule has 0 spiro atoms. The van der Waals surface area contributed by atoms with Crippen LogP contribution < -0.4 is 4.72 Å². The molecule has 7 nitrogen and oxygen atoms in total. The van der Waals surface area contributed by atoms with Crippen LogP contribution in [0, 0.1) is 0 Å². The highest BCUT2D eigenvalue weighted by Crippen LogP contribution is 2.25. The maximum atomic E-state index is 11.7. The summed E-state index contributed by atoms with van der Waals surface area (Å²) >= 11 is 4.33. The molecule has 0 aliphatic heterocycles. The third-order valence-electron chi connectivity index (χ3n) is 1.62. The van der Waals surface area contributed by atoms with Crippen LogP contribution in [0.4, 0.5) is 0 Å². The first-order valence-electron chi connectivity index (χ1n) is 4.05. The van der Waals surface area contributed by atoms with E-state index in [9.17, 15) is 8.42 Å².